The fourth-order valence-corrected chi connectivity index (χ4v) is 2.59. The van der Waals surface area contributed by atoms with Gasteiger partial charge in [0.2, 0.25) is 0 Å². The van der Waals surface area contributed by atoms with Crippen LogP contribution in [0.4, 0.5) is 0 Å². The smallest absolute Gasteiger partial charge is 0.0494 e. The monoisotopic (exact) mass is 280 g/mol. The second kappa shape index (κ2) is 5.02. The summed E-state index contributed by atoms with van der Waals surface area (Å²) in [5.41, 5.74) is 2.61. The van der Waals surface area contributed by atoms with Gasteiger partial charge < -0.3 is 9.88 Å². The Morgan fingerprint density at radius 2 is 2.06 bits per heavy atom. The van der Waals surface area contributed by atoms with Gasteiger partial charge in [-0.25, -0.2) is 0 Å². The van der Waals surface area contributed by atoms with Gasteiger partial charge in [-0.2, -0.15) is 0 Å². The number of nitrogens with zero attached hydrogens (tertiary/aromatic N) is 1. The minimum absolute atomic E-state index is 1.02. The first kappa shape index (κ1) is 11.7. The highest BCUT2D eigenvalue weighted by atomic mass is 79.9. The molecule has 2 aromatic rings. The maximum absolute atomic E-state index is 3.67. The number of halogens is 1. The fourth-order valence-electron chi connectivity index (χ4n) is 2.04. The van der Waals surface area contributed by atoms with Gasteiger partial charge in [-0.05, 0) is 35.5 Å². The van der Waals surface area contributed by atoms with E-state index >= 15 is 0 Å². The van der Waals surface area contributed by atoms with Gasteiger partial charge in [-0.3, -0.25) is 0 Å². The Balaban J connectivity index is 2.39. The molecule has 2 rings (SSSR count). The summed E-state index contributed by atoms with van der Waals surface area (Å²) in [7, 11) is 0. The molecule has 3 heteroatoms. The second-order valence-corrected chi connectivity index (χ2v) is 4.71. The van der Waals surface area contributed by atoms with Crippen molar-refractivity contribution in [3.05, 3.63) is 34.4 Å². The van der Waals surface area contributed by atoms with Crippen LogP contribution in [0.5, 0.6) is 0 Å². The highest BCUT2D eigenvalue weighted by Crippen LogP contribution is 2.30. The highest BCUT2D eigenvalue weighted by Gasteiger charge is 2.10. The third-order valence-electron chi connectivity index (χ3n) is 2.92. The Morgan fingerprint density at radius 3 is 2.81 bits per heavy atom. The molecule has 1 aromatic carbocycles. The minimum atomic E-state index is 1.02. The summed E-state index contributed by atoms with van der Waals surface area (Å²) in [6, 6.07) is 8.52. The van der Waals surface area contributed by atoms with Crippen LogP contribution in [0.1, 0.15) is 12.6 Å². The number of aromatic nitrogens is 1. The molecule has 0 radical (unpaired) electrons. The van der Waals surface area contributed by atoms with E-state index in [1.807, 2.05) is 0 Å². The van der Waals surface area contributed by atoms with E-state index in [0.29, 0.717) is 0 Å². The standard InChI is InChI=1S/C13H17BrN2/c1-3-15-8-9-16-10(2)13(14)11-6-4-5-7-12(11)16/h4-7,15H,3,8-9H2,1-2H3. The Labute approximate surface area is 105 Å². The lowest BCUT2D eigenvalue weighted by Crippen LogP contribution is -2.19. The van der Waals surface area contributed by atoms with E-state index in [2.05, 4.69) is 63.9 Å². The van der Waals surface area contributed by atoms with Gasteiger partial charge >= 0.3 is 0 Å². The first-order valence-corrected chi connectivity index (χ1v) is 6.49. The van der Waals surface area contributed by atoms with Crippen molar-refractivity contribution in [3.63, 3.8) is 0 Å². The zero-order valence-electron chi connectivity index (χ0n) is 9.76. The summed E-state index contributed by atoms with van der Waals surface area (Å²) >= 11 is 3.67. The molecule has 0 saturated carbocycles. The number of rotatable bonds is 4. The van der Waals surface area contributed by atoms with Gasteiger partial charge in [-0.15, -0.1) is 0 Å². The van der Waals surface area contributed by atoms with Crippen LogP contribution in [0.3, 0.4) is 0 Å². The highest BCUT2D eigenvalue weighted by molar-refractivity contribution is 9.10. The number of hydrogen-bond donors (Lipinski definition) is 1. The normalized spacial score (nSPS) is 11.2. The van der Waals surface area contributed by atoms with Crippen molar-refractivity contribution in [2.45, 2.75) is 20.4 Å². The Hall–Kier alpha value is -0.800. The van der Waals surface area contributed by atoms with Gasteiger partial charge in [-0.1, -0.05) is 25.1 Å². The summed E-state index contributed by atoms with van der Waals surface area (Å²) in [5.74, 6) is 0. The molecule has 0 aliphatic heterocycles. The summed E-state index contributed by atoms with van der Waals surface area (Å²) in [6.07, 6.45) is 0. The summed E-state index contributed by atoms with van der Waals surface area (Å²) in [5, 5.41) is 4.66. The van der Waals surface area contributed by atoms with Crippen LogP contribution in [-0.4, -0.2) is 17.7 Å². The average Bonchev–Trinajstić information content (AvgIpc) is 2.55. The largest absolute Gasteiger partial charge is 0.342 e. The predicted molar refractivity (Wildman–Crippen MR) is 72.9 cm³/mol. The number of fused-ring (bicyclic) bond motifs is 1. The molecule has 0 bridgehead atoms. The molecule has 1 aromatic heterocycles. The fraction of sp³-hybridized carbons (Fsp3) is 0.385. The molecule has 0 aliphatic rings. The predicted octanol–water partition coefficient (Wildman–Crippen LogP) is 3.32. The molecular weight excluding hydrogens is 264 g/mol. The van der Waals surface area contributed by atoms with E-state index in [1.54, 1.807) is 0 Å². The van der Waals surface area contributed by atoms with Gasteiger partial charge in [0.15, 0.2) is 0 Å². The van der Waals surface area contributed by atoms with Crippen LogP contribution in [0.2, 0.25) is 0 Å². The molecule has 0 fully saturated rings. The summed E-state index contributed by atoms with van der Waals surface area (Å²) < 4.78 is 3.59. The van der Waals surface area contributed by atoms with E-state index in [9.17, 15) is 0 Å². The lowest BCUT2D eigenvalue weighted by Gasteiger charge is -2.08. The first-order chi connectivity index (χ1) is 7.75. The maximum atomic E-state index is 3.67. The lowest BCUT2D eigenvalue weighted by atomic mass is 10.2. The lowest BCUT2D eigenvalue weighted by molar-refractivity contribution is 0.617. The van der Waals surface area contributed by atoms with Gasteiger partial charge in [0, 0.05) is 34.2 Å². The van der Waals surface area contributed by atoms with E-state index in [-0.39, 0.29) is 0 Å². The Morgan fingerprint density at radius 1 is 1.31 bits per heavy atom. The third-order valence-corrected chi connectivity index (χ3v) is 3.92. The van der Waals surface area contributed by atoms with Crippen LogP contribution < -0.4 is 5.32 Å². The Kier molecular flexibility index (Phi) is 3.66. The average molecular weight is 281 g/mol. The number of para-hydroxylation sites is 1. The molecule has 1 N–H and O–H groups in total. The number of nitrogens with one attached hydrogen (secondary N) is 1. The third kappa shape index (κ3) is 2.02. The Bertz CT molecular complexity index is 488. The molecule has 86 valence electrons. The van der Waals surface area contributed by atoms with E-state index in [4.69, 9.17) is 0 Å². The van der Waals surface area contributed by atoms with Crippen molar-refractivity contribution in [3.8, 4) is 0 Å². The van der Waals surface area contributed by atoms with Gasteiger partial charge in [0.1, 0.15) is 0 Å². The zero-order valence-corrected chi connectivity index (χ0v) is 11.3. The SMILES string of the molecule is CCNCCn1c(C)c(Br)c2ccccc21. The van der Waals surface area contributed by atoms with Crippen LogP contribution in [0, 0.1) is 6.92 Å². The molecule has 0 unspecified atom stereocenters. The van der Waals surface area contributed by atoms with Gasteiger partial charge in [0.25, 0.3) is 0 Å². The molecule has 0 aliphatic carbocycles. The molecule has 16 heavy (non-hydrogen) atoms. The maximum Gasteiger partial charge on any atom is 0.0494 e. The van der Waals surface area contributed by atoms with Crippen molar-refractivity contribution >= 4 is 26.8 Å². The molecule has 2 nitrogen and oxygen atoms in total. The van der Waals surface area contributed by atoms with Crippen molar-refractivity contribution in [2.75, 3.05) is 13.1 Å². The molecular formula is C13H17BrN2. The number of likely N-dealkylation sites (N-methyl/N-ethyl adjacent to an activating group) is 1. The van der Waals surface area contributed by atoms with Crippen LogP contribution in [0.25, 0.3) is 10.9 Å². The van der Waals surface area contributed by atoms with Crippen LogP contribution >= 0.6 is 15.9 Å². The van der Waals surface area contributed by atoms with E-state index in [0.717, 1.165) is 19.6 Å². The number of hydrogen-bond acceptors (Lipinski definition) is 1. The van der Waals surface area contributed by atoms with Crippen LogP contribution in [0.15, 0.2) is 28.7 Å². The number of benzene rings is 1. The van der Waals surface area contributed by atoms with E-state index < -0.39 is 0 Å². The van der Waals surface area contributed by atoms with Crippen molar-refractivity contribution in [2.24, 2.45) is 0 Å². The van der Waals surface area contributed by atoms with Crippen LogP contribution in [-0.2, 0) is 6.54 Å². The summed E-state index contributed by atoms with van der Waals surface area (Å²) in [4.78, 5) is 0. The van der Waals surface area contributed by atoms with Gasteiger partial charge in [0.05, 0.1) is 0 Å². The topological polar surface area (TPSA) is 17.0 Å². The molecule has 0 amide bonds. The minimum Gasteiger partial charge on any atom is -0.342 e. The molecule has 0 saturated heterocycles. The molecule has 0 spiro atoms. The first-order valence-electron chi connectivity index (χ1n) is 5.69. The van der Waals surface area contributed by atoms with E-state index in [1.165, 1.54) is 21.1 Å². The summed E-state index contributed by atoms with van der Waals surface area (Å²) in [6.45, 7) is 7.36. The van der Waals surface area contributed by atoms with Crippen molar-refractivity contribution in [1.29, 1.82) is 0 Å². The van der Waals surface area contributed by atoms with Crippen molar-refractivity contribution in [1.82, 2.24) is 9.88 Å². The molecule has 0 atom stereocenters. The zero-order chi connectivity index (χ0) is 11.5. The quantitative estimate of drug-likeness (QED) is 0.851. The van der Waals surface area contributed by atoms with Crippen molar-refractivity contribution < 1.29 is 0 Å². The second-order valence-electron chi connectivity index (χ2n) is 3.92. The molecule has 1 heterocycles.